The maximum atomic E-state index is 12.6. The van der Waals surface area contributed by atoms with E-state index >= 15 is 0 Å². The number of benzene rings is 1. The van der Waals surface area contributed by atoms with Gasteiger partial charge in [0.1, 0.15) is 0 Å². The van der Waals surface area contributed by atoms with Crippen molar-refractivity contribution in [1.29, 1.82) is 0 Å². The van der Waals surface area contributed by atoms with Crippen LogP contribution in [-0.4, -0.2) is 12.3 Å². The molecule has 22 heavy (non-hydrogen) atoms. The van der Waals surface area contributed by atoms with Crippen molar-refractivity contribution in [1.82, 2.24) is 5.32 Å². The van der Waals surface area contributed by atoms with Crippen LogP contribution in [0.15, 0.2) is 53.9 Å². The fourth-order valence-electron chi connectivity index (χ4n) is 2.95. The summed E-state index contributed by atoms with van der Waals surface area (Å²) in [6, 6.07) is 8.59. The molecule has 0 heterocycles. The number of nitrogens with zero attached hydrogens (tertiary/aromatic N) is 1. The highest BCUT2D eigenvalue weighted by Crippen LogP contribution is 2.31. The van der Waals surface area contributed by atoms with Crippen molar-refractivity contribution in [2.24, 2.45) is 10.9 Å². The highest BCUT2D eigenvalue weighted by molar-refractivity contribution is 6.30. The van der Waals surface area contributed by atoms with Gasteiger partial charge in [0, 0.05) is 23.3 Å². The van der Waals surface area contributed by atoms with Gasteiger partial charge in [0.2, 0.25) is 5.95 Å². The summed E-state index contributed by atoms with van der Waals surface area (Å²) < 4.78 is 12.6. The van der Waals surface area contributed by atoms with Crippen LogP contribution in [0, 0.1) is 5.92 Å². The van der Waals surface area contributed by atoms with Crippen molar-refractivity contribution in [3.05, 3.63) is 59.5 Å². The fraction of sp³-hybridized carbons (Fsp3) is 0.389. The van der Waals surface area contributed by atoms with Crippen LogP contribution in [-0.2, 0) is 0 Å². The lowest BCUT2D eigenvalue weighted by molar-refractivity contribution is 0.454. The SMILES string of the molecule is C=C(F)/N=C\C(=C)[C@@H]1CC[C@H](N[C@H](C)c2cccc(Cl)c2)C1. The molecule has 1 aromatic rings. The Bertz CT molecular complexity index is 582. The highest BCUT2D eigenvalue weighted by Gasteiger charge is 2.27. The Hall–Kier alpha value is -1.45. The maximum Gasteiger partial charge on any atom is 0.205 e. The van der Waals surface area contributed by atoms with Gasteiger partial charge >= 0.3 is 0 Å². The zero-order valence-corrected chi connectivity index (χ0v) is 13.6. The van der Waals surface area contributed by atoms with Crippen LogP contribution in [0.2, 0.25) is 5.02 Å². The van der Waals surface area contributed by atoms with E-state index in [0.717, 1.165) is 29.9 Å². The van der Waals surface area contributed by atoms with E-state index in [1.165, 1.54) is 11.8 Å². The van der Waals surface area contributed by atoms with E-state index in [-0.39, 0.29) is 6.04 Å². The van der Waals surface area contributed by atoms with Gasteiger partial charge in [-0.1, -0.05) is 30.3 Å². The van der Waals surface area contributed by atoms with Crippen molar-refractivity contribution in [3.63, 3.8) is 0 Å². The number of allylic oxidation sites excluding steroid dienone is 1. The Morgan fingerprint density at radius 1 is 1.45 bits per heavy atom. The van der Waals surface area contributed by atoms with Crippen LogP contribution < -0.4 is 5.32 Å². The van der Waals surface area contributed by atoms with Crippen LogP contribution in [0.4, 0.5) is 4.39 Å². The molecule has 1 aliphatic carbocycles. The molecule has 118 valence electrons. The van der Waals surface area contributed by atoms with E-state index in [1.807, 2.05) is 18.2 Å². The van der Waals surface area contributed by atoms with E-state index in [2.05, 4.69) is 36.5 Å². The second-order valence-electron chi connectivity index (χ2n) is 5.86. The minimum Gasteiger partial charge on any atom is -0.307 e. The molecule has 0 aromatic heterocycles. The maximum absolute atomic E-state index is 12.6. The van der Waals surface area contributed by atoms with Crippen LogP contribution in [0.5, 0.6) is 0 Å². The smallest absolute Gasteiger partial charge is 0.205 e. The van der Waals surface area contributed by atoms with Gasteiger partial charge in [0.25, 0.3) is 0 Å². The van der Waals surface area contributed by atoms with Crippen LogP contribution in [0.3, 0.4) is 0 Å². The van der Waals surface area contributed by atoms with E-state index in [9.17, 15) is 4.39 Å². The molecular formula is C18H22ClFN2. The van der Waals surface area contributed by atoms with E-state index < -0.39 is 5.95 Å². The Morgan fingerprint density at radius 3 is 2.91 bits per heavy atom. The quantitative estimate of drug-likeness (QED) is 0.563. The third kappa shape index (κ3) is 4.79. The summed E-state index contributed by atoms with van der Waals surface area (Å²) in [5.41, 5.74) is 2.06. The van der Waals surface area contributed by atoms with Crippen molar-refractivity contribution in [3.8, 4) is 0 Å². The standard InChI is InChI=1S/C18H22ClFN2/c1-12(11-21-14(3)20)15-7-8-18(10-15)22-13(2)16-5-4-6-17(19)9-16/h4-6,9,11,13,15,18,22H,1,3,7-8,10H2,2H3/b21-11-/t13-,15-,18+/m1/s1. The predicted octanol–water partition coefficient (Wildman–Crippen LogP) is 5.23. The highest BCUT2D eigenvalue weighted by atomic mass is 35.5. The molecule has 0 aliphatic heterocycles. The molecule has 0 spiro atoms. The molecular weight excluding hydrogens is 299 g/mol. The van der Waals surface area contributed by atoms with Gasteiger partial charge in [-0.05, 0) is 62.0 Å². The lowest BCUT2D eigenvalue weighted by Crippen LogP contribution is -2.29. The molecule has 1 N–H and O–H groups in total. The lowest BCUT2D eigenvalue weighted by atomic mass is 9.99. The summed E-state index contributed by atoms with van der Waals surface area (Å²) in [4.78, 5) is 3.59. The average molecular weight is 321 g/mol. The minimum absolute atomic E-state index is 0.245. The van der Waals surface area contributed by atoms with Gasteiger partial charge in [-0.25, -0.2) is 4.99 Å². The topological polar surface area (TPSA) is 24.4 Å². The summed E-state index contributed by atoms with van der Waals surface area (Å²) in [5, 5.41) is 4.39. The van der Waals surface area contributed by atoms with E-state index in [4.69, 9.17) is 11.6 Å². The number of hydrogen-bond donors (Lipinski definition) is 1. The van der Waals surface area contributed by atoms with Crippen molar-refractivity contribution >= 4 is 17.8 Å². The first-order valence-corrected chi connectivity index (χ1v) is 7.92. The second kappa shape index (κ2) is 7.70. The first-order chi connectivity index (χ1) is 10.5. The molecule has 2 nitrogen and oxygen atoms in total. The Morgan fingerprint density at radius 2 is 2.23 bits per heavy atom. The first kappa shape index (κ1) is 16.9. The monoisotopic (exact) mass is 320 g/mol. The van der Waals surface area contributed by atoms with E-state index in [1.54, 1.807) is 0 Å². The molecule has 0 saturated heterocycles. The number of hydrogen-bond acceptors (Lipinski definition) is 2. The molecule has 1 fully saturated rings. The largest absolute Gasteiger partial charge is 0.307 e. The molecule has 1 aromatic carbocycles. The fourth-order valence-corrected chi connectivity index (χ4v) is 3.15. The number of halogens is 2. The molecule has 3 atom stereocenters. The number of rotatable bonds is 6. The molecule has 0 radical (unpaired) electrons. The second-order valence-corrected chi connectivity index (χ2v) is 6.30. The van der Waals surface area contributed by atoms with Crippen LogP contribution in [0.1, 0.15) is 37.8 Å². The number of aliphatic imine (C=N–C) groups is 1. The van der Waals surface area contributed by atoms with Gasteiger partial charge in [-0.2, -0.15) is 4.39 Å². The summed E-state index contributed by atoms with van der Waals surface area (Å²) >= 11 is 6.04. The lowest BCUT2D eigenvalue weighted by Gasteiger charge is -2.20. The zero-order chi connectivity index (χ0) is 16.1. The summed E-state index contributed by atoms with van der Waals surface area (Å²) in [6.07, 6.45) is 4.62. The molecule has 0 bridgehead atoms. The Kier molecular flexibility index (Phi) is 5.92. The van der Waals surface area contributed by atoms with Crippen molar-refractivity contribution < 1.29 is 4.39 Å². The third-order valence-corrected chi connectivity index (χ3v) is 4.40. The summed E-state index contributed by atoms with van der Waals surface area (Å²) in [6.45, 7) is 9.25. The molecule has 0 amide bonds. The third-order valence-electron chi connectivity index (χ3n) is 4.16. The van der Waals surface area contributed by atoms with Gasteiger partial charge in [0.05, 0.1) is 0 Å². The van der Waals surface area contributed by atoms with Crippen molar-refractivity contribution in [2.75, 3.05) is 0 Å². The summed E-state index contributed by atoms with van der Waals surface area (Å²) in [5.74, 6) is -0.324. The Labute approximate surface area is 136 Å². The molecule has 0 unspecified atom stereocenters. The first-order valence-electron chi connectivity index (χ1n) is 7.54. The average Bonchev–Trinajstić information content (AvgIpc) is 2.93. The van der Waals surface area contributed by atoms with Crippen molar-refractivity contribution in [2.45, 2.75) is 38.3 Å². The minimum atomic E-state index is -0.677. The molecule has 1 saturated carbocycles. The van der Waals surface area contributed by atoms with Gasteiger partial charge in [-0.3, -0.25) is 0 Å². The molecule has 2 rings (SSSR count). The zero-order valence-electron chi connectivity index (χ0n) is 12.9. The normalized spacial score (nSPS) is 22.9. The van der Waals surface area contributed by atoms with E-state index in [0.29, 0.717) is 12.0 Å². The molecule has 1 aliphatic rings. The van der Waals surface area contributed by atoms with Gasteiger partial charge < -0.3 is 5.32 Å². The van der Waals surface area contributed by atoms with Crippen LogP contribution in [0.25, 0.3) is 0 Å². The molecule has 4 heteroatoms. The van der Waals surface area contributed by atoms with Gasteiger partial charge in [-0.15, -0.1) is 0 Å². The predicted molar refractivity (Wildman–Crippen MR) is 92.0 cm³/mol. The van der Waals surface area contributed by atoms with Gasteiger partial charge in [0.15, 0.2) is 0 Å². The number of nitrogens with one attached hydrogen (secondary N) is 1. The summed E-state index contributed by atoms with van der Waals surface area (Å²) in [7, 11) is 0. The Balaban J connectivity index is 1.88. The van der Waals surface area contributed by atoms with Crippen LogP contribution >= 0.6 is 11.6 Å².